The van der Waals surface area contributed by atoms with Gasteiger partial charge in [0.15, 0.2) is 5.70 Å². The maximum atomic E-state index is 12.4. The third kappa shape index (κ3) is 5.40. The van der Waals surface area contributed by atoms with Gasteiger partial charge in [0.1, 0.15) is 0 Å². The number of benzene rings is 2. The molecule has 2 heterocycles. The Morgan fingerprint density at radius 1 is 1.06 bits per heavy atom. The Morgan fingerprint density at radius 3 is 2.41 bits per heavy atom. The van der Waals surface area contributed by atoms with Crippen molar-refractivity contribution >= 4 is 51.2 Å². The van der Waals surface area contributed by atoms with Gasteiger partial charge in [-0.1, -0.05) is 12.1 Å². The molecule has 0 unspecified atom stereocenters. The van der Waals surface area contributed by atoms with Crippen LogP contribution in [-0.2, 0) is 9.53 Å². The minimum Gasteiger partial charge on any atom is -0.402 e. The van der Waals surface area contributed by atoms with Gasteiger partial charge >= 0.3 is 5.97 Å². The van der Waals surface area contributed by atoms with Crippen LogP contribution in [-0.4, -0.2) is 35.8 Å². The molecule has 2 aromatic carbocycles. The van der Waals surface area contributed by atoms with Gasteiger partial charge in [0, 0.05) is 46.9 Å². The number of pyridine rings is 1. The Bertz CT molecular complexity index is 1260. The lowest BCUT2D eigenvalue weighted by Crippen LogP contribution is -2.21. The number of carbonyl (C=O) groups excluding carboxylic acids is 2. The highest BCUT2D eigenvalue weighted by Crippen LogP contribution is 2.22. The quantitative estimate of drug-likeness (QED) is 0.339. The summed E-state index contributed by atoms with van der Waals surface area (Å²) in [4.78, 5) is 35.3. The molecule has 1 aromatic heterocycles. The molecule has 0 spiro atoms. The molecule has 1 amide bonds. The minimum atomic E-state index is -0.498. The summed E-state index contributed by atoms with van der Waals surface area (Å²) in [6.45, 7) is 6.09. The zero-order valence-electron chi connectivity index (χ0n) is 18.8. The Labute approximate surface area is 206 Å². The lowest BCUT2D eigenvalue weighted by Gasteiger charge is -2.20. The fourth-order valence-electron chi connectivity index (χ4n) is 3.50. The highest BCUT2D eigenvalue weighted by atomic mass is 79.9. The second kappa shape index (κ2) is 10.4. The number of cyclic esters (lactones) is 1. The second-order valence-corrected chi connectivity index (χ2v) is 8.44. The number of nitrogens with one attached hydrogen (secondary N) is 1. The van der Waals surface area contributed by atoms with Crippen LogP contribution in [0.25, 0.3) is 6.08 Å². The van der Waals surface area contributed by atoms with Crippen molar-refractivity contribution in [3.8, 4) is 0 Å². The van der Waals surface area contributed by atoms with Crippen molar-refractivity contribution in [2.24, 2.45) is 4.99 Å². The molecule has 0 aliphatic carbocycles. The number of anilines is 2. The number of hydrogen-bond donors (Lipinski definition) is 1. The van der Waals surface area contributed by atoms with Crippen molar-refractivity contribution in [3.05, 3.63) is 93.9 Å². The summed E-state index contributed by atoms with van der Waals surface area (Å²) < 4.78 is 6.09. The van der Waals surface area contributed by atoms with E-state index < -0.39 is 5.97 Å². The standard InChI is InChI=1S/C26H23BrN4O3/c1-3-31(4-2)22-11-5-17(6-12-22)13-23-26(33)34-25(30-23)18-7-9-21(10-8-18)29-24(32)19-14-20(27)16-28-15-19/h5-16H,3-4H2,1-2H3,(H,29,32)/b23-13-. The van der Waals surface area contributed by atoms with Crippen LogP contribution in [0.5, 0.6) is 0 Å². The Balaban J connectivity index is 1.46. The molecule has 0 bridgehead atoms. The molecule has 0 radical (unpaired) electrons. The van der Waals surface area contributed by atoms with Gasteiger partial charge < -0.3 is 15.0 Å². The molecule has 0 atom stereocenters. The normalized spacial score (nSPS) is 14.0. The van der Waals surface area contributed by atoms with Crippen LogP contribution in [0.4, 0.5) is 11.4 Å². The molecular formula is C26H23BrN4O3. The first-order chi connectivity index (χ1) is 16.5. The minimum absolute atomic E-state index is 0.227. The van der Waals surface area contributed by atoms with E-state index in [1.54, 1.807) is 42.6 Å². The Hall–Kier alpha value is -3.78. The topological polar surface area (TPSA) is 83.9 Å². The first-order valence-corrected chi connectivity index (χ1v) is 11.7. The molecule has 3 aromatic rings. The number of nitrogens with zero attached hydrogens (tertiary/aromatic N) is 3. The van der Waals surface area contributed by atoms with E-state index in [-0.39, 0.29) is 17.5 Å². The van der Waals surface area contributed by atoms with Gasteiger partial charge in [-0.25, -0.2) is 9.79 Å². The average molecular weight is 519 g/mol. The zero-order chi connectivity index (χ0) is 24.1. The van der Waals surface area contributed by atoms with E-state index in [1.165, 1.54) is 6.20 Å². The van der Waals surface area contributed by atoms with Crippen LogP contribution in [0.1, 0.15) is 35.3 Å². The first kappa shape index (κ1) is 23.4. The smallest absolute Gasteiger partial charge is 0.363 e. The Kier molecular flexibility index (Phi) is 7.18. The molecule has 8 heteroatoms. The molecule has 0 saturated heterocycles. The molecule has 172 valence electrons. The largest absolute Gasteiger partial charge is 0.402 e. The molecule has 1 aliphatic heterocycles. The van der Waals surface area contributed by atoms with Gasteiger partial charge in [-0.2, -0.15) is 0 Å². The van der Waals surface area contributed by atoms with Gasteiger partial charge in [0.05, 0.1) is 5.56 Å². The molecule has 1 aliphatic rings. The summed E-state index contributed by atoms with van der Waals surface area (Å²) >= 11 is 3.30. The van der Waals surface area contributed by atoms with E-state index in [1.807, 2.05) is 24.3 Å². The highest BCUT2D eigenvalue weighted by Gasteiger charge is 2.24. The summed E-state index contributed by atoms with van der Waals surface area (Å²) in [6.07, 6.45) is 4.81. The van der Waals surface area contributed by atoms with Crippen molar-refractivity contribution in [1.29, 1.82) is 0 Å². The predicted octanol–water partition coefficient (Wildman–Crippen LogP) is 5.29. The number of carbonyl (C=O) groups is 2. The average Bonchev–Trinajstić information content (AvgIpc) is 3.21. The van der Waals surface area contributed by atoms with Gasteiger partial charge in [-0.15, -0.1) is 0 Å². The van der Waals surface area contributed by atoms with Crippen LogP contribution < -0.4 is 10.2 Å². The van der Waals surface area contributed by atoms with E-state index in [2.05, 4.69) is 50.0 Å². The molecule has 4 rings (SSSR count). The first-order valence-electron chi connectivity index (χ1n) is 10.9. The van der Waals surface area contributed by atoms with Crippen LogP contribution in [0.3, 0.4) is 0 Å². The lowest BCUT2D eigenvalue weighted by atomic mass is 10.1. The van der Waals surface area contributed by atoms with E-state index in [4.69, 9.17) is 4.74 Å². The summed E-state index contributed by atoms with van der Waals surface area (Å²) in [6, 6.07) is 16.6. The molecular weight excluding hydrogens is 496 g/mol. The second-order valence-electron chi connectivity index (χ2n) is 7.52. The van der Waals surface area contributed by atoms with Crippen molar-refractivity contribution in [1.82, 2.24) is 4.98 Å². The fourth-order valence-corrected chi connectivity index (χ4v) is 3.86. The number of esters is 1. The monoisotopic (exact) mass is 518 g/mol. The molecule has 0 saturated carbocycles. The fraction of sp³-hybridized carbons (Fsp3) is 0.154. The van der Waals surface area contributed by atoms with Gasteiger partial charge in [0.2, 0.25) is 5.90 Å². The van der Waals surface area contributed by atoms with Crippen molar-refractivity contribution in [3.63, 3.8) is 0 Å². The lowest BCUT2D eigenvalue weighted by molar-refractivity contribution is -0.129. The number of aromatic nitrogens is 1. The SMILES string of the molecule is CCN(CC)c1ccc(/C=C2\N=C(c3ccc(NC(=O)c4cncc(Br)c4)cc3)OC2=O)cc1. The van der Waals surface area contributed by atoms with Gasteiger partial charge in [-0.3, -0.25) is 9.78 Å². The number of hydrogen-bond acceptors (Lipinski definition) is 6. The summed E-state index contributed by atoms with van der Waals surface area (Å²) in [7, 11) is 0. The highest BCUT2D eigenvalue weighted by molar-refractivity contribution is 9.10. The van der Waals surface area contributed by atoms with Crippen molar-refractivity contribution in [2.75, 3.05) is 23.3 Å². The maximum Gasteiger partial charge on any atom is 0.363 e. The van der Waals surface area contributed by atoms with Crippen LogP contribution in [0.2, 0.25) is 0 Å². The van der Waals surface area contributed by atoms with E-state index in [0.717, 1.165) is 28.8 Å². The van der Waals surface area contributed by atoms with Crippen LogP contribution >= 0.6 is 15.9 Å². The molecule has 7 nitrogen and oxygen atoms in total. The summed E-state index contributed by atoms with van der Waals surface area (Å²) in [5.74, 6) is -0.546. The number of aliphatic imine (C=N–C) groups is 1. The van der Waals surface area contributed by atoms with E-state index in [9.17, 15) is 9.59 Å². The molecule has 34 heavy (non-hydrogen) atoms. The molecule has 1 N–H and O–H groups in total. The number of rotatable bonds is 7. The number of halogens is 1. The van der Waals surface area contributed by atoms with E-state index >= 15 is 0 Å². The van der Waals surface area contributed by atoms with Crippen LogP contribution in [0, 0.1) is 0 Å². The van der Waals surface area contributed by atoms with Crippen molar-refractivity contribution in [2.45, 2.75) is 13.8 Å². The number of ether oxygens (including phenoxy) is 1. The van der Waals surface area contributed by atoms with Crippen LogP contribution in [0.15, 0.2) is 82.2 Å². The third-order valence-corrected chi connectivity index (χ3v) is 5.74. The summed E-state index contributed by atoms with van der Waals surface area (Å²) in [5, 5.41) is 2.81. The van der Waals surface area contributed by atoms with Gasteiger partial charge in [0.25, 0.3) is 5.91 Å². The summed E-state index contributed by atoms with van der Waals surface area (Å²) in [5.41, 5.74) is 3.91. The van der Waals surface area contributed by atoms with Crippen molar-refractivity contribution < 1.29 is 14.3 Å². The molecule has 0 fully saturated rings. The maximum absolute atomic E-state index is 12.4. The number of amides is 1. The predicted molar refractivity (Wildman–Crippen MR) is 137 cm³/mol. The van der Waals surface area contributed by atoms with Gasteiger partial charge in [-0.05, 0) is 83.9 Å². The van der Waals surface area contributed by atoms with E-state index in [0.29, 0.717) is 16.8 Å². The Morgan fingerprint density at radius 2 is 1.76 bits per heavy atom. The zero-order valence-corrected chi connectivity index (χ0v) is 20.4. The third-order valence-electron chi connectivity index (χ3n) is 5.30.